The maximum absolute atomic E-state index is 12.9. The lowest BCUT2D eigenvalue weighted by Gasteiger charge is -2.44. The van der Waals surface area contributed by atoms with E-state index in [1.807, 2.05) is 0 Å². The minimum atomic E-state index is 0.328. The highest BCUT2D eigenvalue weighted by molar-refractivity contribution is 5.83. The van der Waals surface area contributed by atoms with Gasteiger partial charge in [0, 0.05) is 31.1 Å². The number of likely N-dealkylation sites (tertiary alicyclic amines) is 1. The average molecular weight is 304 g/mol. The van der Waals surface area contributed by atoms with E-state index in [9.17, 15) is 4.79 Å². The van der Waals surface area contributed by atoms with Crippen LogP contribution in [-0.2, 0) is 4.79 Å². The zero-order valence-electron chi connectivity index (χ0n) is 14.7. The molecule has 4 aliphatic rings. The highest BCUT2D eigenvalue weighted by Crippen LogP contribution is 2.68. The minimum Gasteiger partial charge on any atom is -0.342 e. The number of carbonyl (C=O) groups is 1. The second kappa shape index (κ2) is 4.72. The molecule has 3 saturated heterocycles. The van der Waals surface area contributed by atoms with E-state index in [-0.39, 0.29) is 0 Å². The summed E-state index contributed by atoms with van der Waals surface area (Å²) in [7, 11) is 0. The summed E-state index contributed by atoms with van der Waals surface area (Å²) in [5.41, 5.74) is 1.03. The second-order valence-corrected chi connectivity index (χ2v) is 9.49. The van der Waals surface area contributed by atoms with Crippen LogP contribution in [0.2, 0.25) is 0 Å². The van der Waals surface area contributed by atoms with Gasteiger partial charge in [-0.2, -0.15) is 0 Å². The average Bonchev–Trinajstić information content (AvgIpc) is 2.82. The maximum atomic E-state index is 12.9. The van der Waals surface area contributed by atoms with Crippen LogP contribution in [0, 0.1) is 16.7 Å². The van der Waals surface area contributed by atoms with Gasteiger partial charge in [0.1, 0.15) is 0 Å². The van der Waals surface area contributed by atoms with E-state index in [1.165, 1.54) is 51.6 Å². The first kappa shape index (κ1) is 15.0. The summed E-state index contributed by atoms with van der Waals surface area (Å²) in [6.07, 6.45) is 8.85. The van der Waals surface area contributed by atoms with E-state index in [2.05, 4.69) is 30.6 Å². The fraction of sp³-hybridized carbons (Fsp3) is 0.947. The van der Waals surface area contributed by atoms with E-state index in [0.717, 1.165) is 19.5 Å². The quantitative estimate of drug-likeness (QED) is 0.742. The SMILES string of the molecule is CC(C)(C)C12CCCN1CC1(CC1C(=O)N1CCCCC1)C2. The van der Waals surface area contributed by atoms with E-state index < -0.39 is 0 Å². The van der Waals surface area contributed by atoms with E-state index >= 15 is 0 Å². The van der Waals surface area contributed by atoms with Gasteiger partial charge in [-0.1, -0.05) is 20.8 Å². The van der Waals surface area contributed by atoms with Gasteiger partial charge in [0.05, 0.1) is 0 Å². The Morgan fingerprint density at radius 3 is 2.41 bits per heavy atom. The van der Waals surface area contributed by atoms with Gasteiger partial charge in [-0.25, -0.2) is 0 Å². The second-order valence-electron chi connectivity index (χ2n) is 9.49. The number of rotatable bonds is 1. The summed E-state index contributed by atoms with van der Waals surface area (Å²) in [6.45, 7) is 11.7. The Bertz CT molecular complexity index is 476. The minimum absolute atomic E-state index is 0.328. The molecule has 3 unspecified atom stereocenters. The lowest BCUT2D eigenvalue weighted by molar-refractivity contribution is -0.134. The standard InChI is InChI=1S/C19H32N2O/c1-17(2,3)19-8-7-11-21(19)14-18(13-19)12-15(18)16(22)20-9-5-4-6-10-20/h15H,4-14H2,1-3H3. The molecule has 4 fully saturated rings. The first-order valence-corrected chi connectivity index (χ1v) is 9.42. The van der Waals surface area contributed by atoms with E-state index in [4.69, 9.17) is 0 Å². The molecule has 4 rings (SSSR count). The van der Waals surface area contributed by atoms with Crippen molar-refractivity contribution in [2.75, 3.05) is 26.2 Å². The zero-order valence-corrected chi connectivity index (χ0v) is 14.7. The Kier molecular flexibility index (Phi) is 3.21. The third kappa shape index (κ3) is 2.00. The molecular formula is C19H32N2O. The monoisotopic (exact) mass is 304 g/mol. The first-order valence-electron chi connectivity index (χ1n) is 9.42. The molecule has 1 saturated carbocycles. The highest BCUT2D eigenvalue weighted by atomic mass is 16.2. The van der Waals surface area contributed by atoms with Crippen LogP contribution in [-0.4, -0.2) is 47.4 Å². The Morgan fingerprint density at radius 2 is 1.77 bits per heavy atom. The lowest BCUT2D eigenvalue weighted by Crippen LogP contribution is -2.48. The molecule has 3 heterocycles. The van der Waals surface area contributed by atoms with Crippen LogP contribution in [0.3, 0.4) is 0 Å². The molecule has 0 N–H and O–H groups in total. The molecule has 22 heavy (non-hydrogen) atoms. The largest absolute Gasteiger partial charge is 0.342 e. The Morgan fingerprint density at radius 1 is 1.05 bits per heavy atom. The number of carbonyl (C=O) groups excluding carboxylic acids is 1. The summed E-state index contributed by atoms with van der Waals surface area (Å²) in [5.74, 6) is 0.834. The molecule has 3 nitrogen and oxygen atoms in total. The summed E-state index contributed by atoms with van der Waals surface area (Å²) >= 11 is 0. The van der Waals surface area contributed by atoms with Crippen molar-refractivity contribution in [3.8, 4) is 0 Å². The van der Waals surface area contributed by atoms with Crippen LogP contribution in [0.15, 0.2) is 0 Å². The van der Waals surface area contributed by atoms with Gasteiger partial charge in [-0.05, 0) is 62.3 Å². The molecule has 0 aromatic heterocycles. The van der Waals surface area contributed by atoms with Gasteiger partial charge in [0.15, 0.2) is 0 Å². The van der Waals surface area contributed by atoms with Crippen molar-refractivity contribution in [3.05, 3.63) is 0 Å². The van der Waals surface area contributed by atoms with E-state index in [1.54, 1.807) is 0 Å². The molecule has 0 aromatic rings. The van der Waals surface area contributed by atoms with Crippen LogP contribution in [0.5, 0.6) is 0 Å². The molecule has 1 spiro atoms. The van der Waals surface area contributed by atoms with Crippen LogP contribution >= 0.6 is 0 Å². The van der Waals surface area contributed by atoms with Crippen molar-refractivity contribution in [2.45, 2.75) is 71.3 Å². The van der Waals surface area contributed by atoms with Gasteiger partial charge < -0.3 is 4.90 Å². The number of hydrogen-bond acceptors (Lipinski definition) is 2. The molecule has 3 heteroatoms. The smallest absolute Gasteiger partial charge is 0.226 e. The van der Waals surface area contributed by atoms with Crippen LogP contribution < -0.4 is 0 Å². The van der Waals surface area contributed by atoms with Crippen molar-refractivity contribution in [2.24, 2.45) is 16.7 Å². The number of piperidine rings is 1. The van der Waals surface area contributed by atoms with Crippen molar-refractivity contribution in [1.82, 2.24) is 9.80 Å². The molecule has 0 bridgehead atoms. The topological polar surface area (TPSA) is 23.6 Å². The predicted octanol–water partition coefficient (Wildman–Crippen LogP) is 3.29. The molecular weight excluding hydrogens is 272 g/mol. The number of amides is 1. The first-order chi connectivity index (χ1) is 10.4. The van der Waals surface area contributed by atoms with E-state index in [0.29, 0.717) is 28.2 Å². The number of hydrogen-bond donors (Lipinski definition) is 0. The molecule has 3 aliphatic heterocycles. The summed E-state index contributed by atoms with van der Waals surface area (Å²) in [4.78, 5) is 17.8. The van der Waals surface area contributed by atoms with Gasteiger partial charge in [0.2, 0.25) is 5.91 Å². The molecule has 0 radical (unpaired) electrons. The predicted molar refractivity (Wildman–Crippen MR) is 88.6 cm³/mol. The highest BCUT2D eigenvalue weighted by Gasteiger charge is 2.70. The maximum Gasteiger partial charge on any atom is 0.226 e. The third-order valence-electron chi connectivity index (χ3n) is 7.33. The van der Waals surface area contributed by atoms with Gasteiger partial charge in [-0.3, -0.25) is 9.69 Å². The van der Waals surface area contributed by atoms with Crippen LogP contribution in [0.25, 0.3) is 0 Å². The van der Waals surface area contributed by atoms with Crippen LogP contribution in [0.4, 0.5) is 0 Å². The van der Waals surface area contributed by atoms with Crippen molar-refractivity contribution >= 4 is 5.91 Å². The fourth-order valence-electron chi connectivity index (χ4n) is 5.90. The van der Waals surface area contributed by atoms with Crippen molar-refractivity contribution < 1.29 is 4.79 Å². The van der Waals surface area contributed by atoms with Gasteiger partial charge in [-0.15, -0.1) is 0 Å². The number of fused-ring (bicyclic) bond motifs is 1. The summed E-state index contributed by atoms with van der Waals surface area (Å²) < 4.78 is 0. The third-order valence-corrected chi connectivity index (χ3v) is 7.33. The fourth-order valence-corrected chi connectivity index (χ4v) is 5.90. The molecule has 1 aliphatic carbocycles. The molecule has 3 atom stereocenters. The Balaban J connectivity index is 1.50. The van der Waals surface area contributed by atoms with Crippen molar-refractivity contribution in [1.29, 1.82) is 0 Å². The zero-order chi connectivity index (χ0) is 15.6. The molecule has 0 aromatic carbocycles. The molecule has 124 valence electrons. The van der Waals surface area contributed by atoms with Gasteiger partial charge in [0.25, 0.3) is 0 Å². The summed E-state index contributed by atoms with van der Waals surface area (Å²) in [6, 6.07) is 0. The molecule has 1 amide bonds. The Labute approximate surface area is 135 Å². The van der Waals surface area contributed by atoms with Crippen molar-refractivity contribution in [3.63, 3.8) is 0 Å². The number of nitrogens with zero attached hydrogens (tertiary/aromatic N) is 2. The summed E-state index contributed by atoms with van der Waals surface area (Å²) in [5, 5.41) is 0. The lowest BCUT2D eigenvalue weighted by atomic mass is 9.69. The van der Waals surface area contributed by atoms with Crippen LogP contribution in [0.1, 0.15) is 65.7 Å². The Hall–Kier alpha value is -0.570. The van der Waals surface area contributed by atoms with Gasteiger partial charge >= 0.3 is 0 Å². The normalized spacial score (nSPS) is 42.0.